The van der Waals surface area contributed by atoms with Crippen LogP contribution in [0.2, 0.25) is 0 Å². The summed E-state index contributed by atoms with van der Waals surface area (Å²) in [5.74, 6) is 1.21. The number of halogens is 1. The maximum Gasteiger partial charge on any atom is 0.124 e. The highest BCUT2D eigenvalue weighted by atomic mass is 79.9. The van der Waals surface area contributed by atoms with Gasteiger partial charge in [-0.05, 0) is 42.5 Å². The van der Waals surface area contributed by atoms with E-state index in [1.165, 1.54) is 0 Å². The van der Waals surface area contributed by atoms with Gasteiger partial charge in [0.1, 0.15) is 11.5 Å². The second kappa shape index (κ2) is 5.13. The normalized spacial score (nSPS) is 17.4. The van der Waals surface area contributed by atoms with Gasteiger partial charge < -0.3 is 15.2 Å². The number of benzene rings is 2. The highest BCUT2D eigenvalue weighted by molar-refractivity contribution is 9.10. The van der Waals surface area contributed by atoms with Gasteiger partial charge in [-0.25, -0.2) is 0 Å². The van der Waals surface area contributed by atoms with Crippen molar-refractivity contribution in [2.24, 2.45) is 0 Å². The number of nitrogens with one attached hydrogen (secondary N) is 1. The van der Waals surface area contributed by atoms with E-state index in [0.29, 0.717) is 6.61 Å². The quantitative estimate of drug-likeness (QED) is 0.819. The van der Waals surface area contributed by atoms with Gasteiger partial charge in [-0.2, -0.15) is 0 Å². The van der Waals surface area contributed by atoms with Crippen LogP contribution in [0.5, 0.6) is 11.5 Å². The highest BCUT2D eigenvalue weighted by Crippen LogP contribution is 2.36. The molecular formula is C15H14BrNO2. The third kappa shape index (κ3) is 2.68. The number of phenols is 1. The van der Waals surface area contributed by atoms with E-state index < -0.39 is 0 Å². The lowest BCUT2D eigenvalue weighted by atomic mass is 10.0. The Balaban J connectivity index is 1.87. The van der Waals surface area contributed by atoms with Gasteiger partial charge in [0, 0.05) is 22.1 Å². The van der Waals surface area contributed by atoms with E-state index in [1.807, 2.05) is 24.3 Å². The van der Waals surface area contributed by atoms with E-state index in [-0.39, 0.29) is 11.8 Å². The van der Waals surface area contributed by atoms with Gasteiger partial charge in [0.15, 0.2) is 0 Å². The van der Waals surface area contributed by atoms with Crippen LogP contribution in [0.4, 0.5) is 5.69 Å². The van der Waals surface area contributed by atoms with Crippen LogP contribution in [0.1, 0.15) is 18.0 Å². The first-order chi connectivity index (χ1) is 9.22. The average Bonchev–Trinajstić information content (AvgIpc) is 2.42. The lowest BCUT2D eigenvalue weighted by Crippen LogP contribution is -2.20. The van der Waals surface area contributed by atoms with E-state index in [4.69, 9.17) is 4.74 Å². The van der Waals surface area contributed by atoms with Crippen molar-refractivity contribution in [2.45, 2.75) is 12.5 Å². The molecule has 0 aromatic heterocycles. The minimum absolute atomic E-state index is 0.228. The van der Waals surface area contributed by atoms with Gasteiger partial charge in [-0.3, -0.25) is 0 Å². The number of fused-ring (bicyclic) bond motifs is 1. The predicted molar refractivity (Wildman–Crippen MR) is 78.7 cm³/mol. The molecule has 0 bridgehead atoms. The zero-order valence-electron chi connectivity index (χ0n) is 10.3. The molecule has 2 aromatic rings. The van der Waals surface area contributed by atoms with Gasteiger partial charge in [0.05, 0.1) is 12.6 Å². The fraction of sp³-hybridized carbons (Fsp3) is 0.200. The standard InChI is InChI=1S/C15H14BrNO2/c16-10-1-6-15-13(9-10)14(7-8-19-15)17-11-2-4-12(18)5-3-11/h1-6,9,14,17-18H,7-8H2. The molecule has 0 aliphatic carbocycles. The lowest BCUT2D eigenvalue weighted by molar-refractivity contribution is 0.274. The third-order valence-corrected chi connectivity index (χ3v) is 3.71. The average molecular weight is 320 g/mol. The van der Waals surface area contributed by atoms with Gasteiger partial charge in [-0.1, -0.05) is 15.9 Å². The molecule has 0 fully saturated rings. The monoisotopic (exact) mass is 319 g/mol. The summed E-state index contributed by atoms with van der Waals surface area (Å²) in [4.78, 5) is 0. The molecule has 1 aliphatic heterocycles. The minimum Gasteiger partial charge on any atom is -0.508 e. The van der Waals surface area contributed by atoms with Crippen LogP contribution in [0.3, 0.4) is 0 Å². The molecule has 3 rings (SSSR count). The van der Waals surface area contributed by atoms with Crippen LogP contribution in [-0.2, 0) is 0 Å². The van der Waals surface area contributed by atoms with Crippen molar-refractivity contribution >= 4 is 21.6 Å². The molecule has 1 unspecified atom stereocenters. The molecular weight excluding hydrogens is 306 g/mol. The summed E-state index contributed by atoms with van der Waals surface area (Å²) in [6, 6.07) is 13.4. The Labute approximate surface area is 120 Å². The number of phenolic OH excluding ortho intramolecular Hbond substituents is 1. The SMILES string of the molecule is Oc1ccc(NC2CCOc3ccc(Br)cc32)cc1. The Morgan fingerprint density at radius 3 is 2.74 bits per heavy atom. The molecule has 19 heavy (non-hydrogen) atoms. The predicted octanol–water partition coefficient (Wildman–Crippen LogP) is 4.09. The summed E-state index contributed by atoms with van der Waals surface area (Å²) < 4.78 is 6.71. The highest BCUT2D eigenvalue weighted by Gasteiger charge is 2.21. The smallest absolute Gasteiger partial charge is 0.124 e. The minimum atomic E-state index is 0.228. The molecule has 0 radical (unpaired) electrons. The topological polar surface area (TPSA) is 41.5 Å². The number of hydrogen-bond donors (Lipinski definition) is 2. The van der Waals surface area contributed by atoms with Crippen molar-refractivity contribution < 1.29 is 9.84 Å². The summed E-state index contributed by atoms with van der Waals surface area (Å²) >= 11 is 3.50. The molecule has 0 saturated carbocycles. The van der Waals surface area contributed by atoms with E-state index in [1.54, 1.807) is 12.1 Å². The maximum atomic E-state index is 9.30. The van der Waals surface area contributed by atoms with E-state index in [9.17, 15) is 5.11 Å². The molecule has 2 N–H and O–H groups in total. The summed E-state index contributed by atoms with van der Waals surface area (Å²) in [5, 5.41) is 12.8. The molecule has 1 atom stereocenters. The van der Waals surface area contributed by atoms with E-state index in [0.717, 1.165) is 27.9 Å². The third-order valence-electron chi connectivity index (χ3n) is 3.22. The Kier molecular flexibility index (Phi) is 3.34. The summed E-state index contributed by atoms with van der Waals surface area (Å²) in [6.07, 6.45) is 0.921. The molecule has 4 heteroatoms. The molecule has 0 amide bonds. The van der Waals surface area contributed by atoms with Gasteiger partial charge in [0.2, 0.25) is 0 Å². The van der Waals surface area contributed by atoms with Crippen molar-refractivity contribution in [3.63, 3.8) is 0 Å². The van der Waals surface area contributed by atoms with E-state index in [2.05, 4.69) is 27.3 Å². The van der Waals surface area contributed by atoms with Crippen LogP contribution in [0, 0.1) is 0 Å². The van der Waals surface area contributed by atoms with Crippen LogP contribution < -0.4 is 10.1 Å². The fourth-order valence-corrected chi connectivity index (χ4v) is 2.65. The molecule has 1 aliphatic rings. The number of ether oxygens (including phenoxy) is 1. The first-order valence-corrected chi connectivity index (χ1v) is 6.99. The molecule has 3 nitrogen and oxygen atoms in total. The van der Waals surface area contributed by atoms with Crippen molar-refractivity contribution in [2.75, 3.05) is 11.9 Å². The molecule has 2 aromatic carbocycles. The van der Waals surface area contributed by atoms with Crippen LogP contribution >= 0.6 is 15.9 Å². The zero-order chi connectivity index (χ0) is 13.2. The van der Waals surface area contributed by atoms with Crippen molar-refractivity contribution in [3.05, 3.63) is 52.5 Å². The summed E-state index contributed by atoms with van der Waals surface area (Å²) in [7, 11) is 0. The van der Waals surface area contributed by atoms with Crippen molar-refractivity contribution in [1.82, 2.24) is 0 Å². The number of aromatic hydroxyl groups is 1. The Hall–Kier alpha value is -1.68. The number of rotatable bonds is 2. The first kappa shape index (κ1) is 12.4. The molecule has 98 valence electrons. The van der Waals surface area contributed by atoms with Gasteiger partial charge in [-0.15, -0.1) is 0 Å². The Morgan fingerprint density at radius 1 is 1.16 bits per heavy atom. The first-order valence-electron chi connectivity index (χ1n) is 6.20. The largest absolute Gasteiger partial charge is 0.508 e. The fourth-order valence-electron chi connectivity index (χ4n) is 2.27. The van der Waals surface area contributed by atoms with Gasteiger partial charge in [0.25, 0.3) is 0 Å². The lowest BCUT2D eigenvalue weighted by Gasteiger charge is -2.27. The summed E-state index contributed by atoms with van der Waals surface area (Å²) in [6.45, 7) is 0.713. The Morgan fingerprint density at radius 2 is 1.95 bits per heavy atom. The summed E-state index contributed by atoms with van der Waals surface area (Å²) in [5.41, 5.74) is 2.16. The maximum absolute atomic E-state index is 9.30. The second-order valence-electron chi connectivity index (χ2n) is 4.56. The number of hydrogen-bond acceptors (Lipinski definition) is 3. The second-order valence-corrected chi connectivity index (χ2v) is 5.48. The molecule has 0 spiro atoms. The van der Waals surface area contributed by atoms with Crippen LogP contribution in [0.15, 0.2) is 46.9 Å². The zero-order valence-corrected chi connectivity index (χ0v) is 11.9. The van der Waals surface area contributed by atoms with Gasteiger partial charge >= 0.3 is 0 Å². The van der Waals surface area contributed by atoms with Crippen LogP contribution in [0.25, 0.3) is 0 Å². The molecule has 0 saturated heterocycles. The molecule has 1 heterocycles. The van der Waals surface area contributed by atoms with E-state index >= 15 is 0 Å². The number of anilines is 1. The van der Waals surface area contributed by atoms with Crippen LogP contribution in [-0.4, -0.2) is 11.7 Å². The van der Waals surface area contributed by atoms with Crippen molar-refractivity contribution in [1.29, 1.82) is 0 Å². The van der Waals surface area contributed by atoms with Crippen molar-refractivity contribution in [3.8, 4) is 11.5 Å². The Bertz CT molecular complexity index is 583.